The van der Waals surface area contributed by atoms with Crippen molar-refractivity contribution in [2.75, 3.05) is 19.8 Å². The van der Waals surface area contributed by atoms with Gasteiger partial charge in [-0.3, -0.25) is 4.79 Å². The van der Waals surface area contributed by atoms with E-state index in [-0.39, 0.29) is 24.8 Å². The fourth-order valence-electron chi connectivity index (χ4n) is 1.26. The SMILES string of the molecule is CCCCC(=O)O[Si](OCC)(OCC)OCC.[Li]. The van der Waals surface area contributed by atoms with Crippen LogP contribution in [0.4, 0.5) is 0 Å². The van der Waals surface area contributed by atoms with Crippen LogP contribution in [0.1, 0.15) is 47.0 Å². The minimum absolute atomic E-state index is 0. The number of unbranched alkanes of at least 4 members (excludes halogenated alkanes) is 1. The zero-order valence-electron chi connectivity index (χ0n) is 12.3. The third-order valence-electron chi connectivity index (χ3n) is 1.94. The standard InChI is InChI=1S/C11H24O5Si.Li/c1-5-9-10-11(12)16-17(13-6-2,14-7-3)15-8-4;/h5-10H2,1-4H3;. The quantitative estimate of drug-likeness (QED) is 0.568. The van der Waals surface area contributed by atoms with Crippen molar-refractivity contribution in [2.24, 2.45) is 0 Å². The molecule has 0 saturated carbocycles. The van der Waals surface area contributed by atoms with Gasteiger partial charge in [-0.15, -0.1) is 0 Å². The van der Waals surface area contributed by atoms with Gasteiger partial charge < -0.3 is 17.7 Å². The first-order valence-electron chi connectivity index (χ1n) is 6.27. The largest absolute Gasteiger partial charge is 0.751 e. The normalized spacial score (nSPS) is 10.9. The summed E-state index contributed by atoms with van der Waals surface area (Å²) in [5, 5.41) is 0. The van der Waals surface area contributed by atoms with E-state index in [1.165, 1.54) is 0 Å². The molecule has 0 aromatic rings. The zero-order chi connectivity index (χ0) is 13.1. The van der Waals surface area contributed by atoms with Gasteiger partial charge in [0.25, 0.3) is 5.97 Å². The molecular weight excluding hydrogens is 247 g/mol. The molecule has 0 amide bonds. The Kier molecular flexibility index (Phi) is 13.9. The molecule has 0 saturated heterocycles. The Hall–Kier alpha value is 0.164. The van der Waals surface area contributed by atoms with Crippen LogP contribution in [0.3, 0.4) is 0 Å². The van der Waals surface area contributed by atoms with Crippen LogP contribution in [-0.4, -0.2) is 53.7 Å². The van der Waals surface area contributed by atoms with Crippen molar-refractivity contribution < 1.29 is 22.5 Å². The van der Waals surface area contributed by atoms with Crippen molar-refractivity contribution in [1.29, 1.82) is 0 Å². The molecular formula is C11H24LiO5Si. The predicted octanol–water partition coefficient (Wildman–Crippen LogP) is 1.88. The summed E-state index contributed by atoms with van der Waals surface area (Å²) < 4.78 is 21.5. The molecule has 7 heteroatoms. The Morgan fingerprint density at radius 1 is 0.944 bits per heavy atom. The van der Waals surface area contributed by atoms with Crippen LogP contribution in [0.5, 0.6) is 0 Å². The maximum atomic E-state index is 11.6. The summed E-state index contributed by atoms with van der Waals surface area (Å²) in [5.74, 6) is -0.311. The van der Waals surface area contributed by atoms with Gasteiger partial charge in [0.1, 0.15) is 0 Å². The minimum atomic E-state index is -3.26. The van der Waals surface area contributed by atoms with Crippen molar-refractivity contribution in [2.45, 2.75) is 47.0 Å². The third kappa shape index (κ3) is 8.30. The van der Waals surface area contributed by atoms with Gasteiger partial charge in [0.2, 0.25) is 0 Å². The van der Waals surface area contributed by atoms with Gasteiger partial charge in [0.15, 0.2) is 0 Å². The molecule has 0 atom stereocenters. The smallest absolute Gasteiger partial charge is 0.452 e. The van der Waals surface area contributed by atoms with Crippen molar-refractivity contribution in [1.82, 2.24) is 0 Å². The van der Waals surface area contributed by atoms with Crippen LogP contribution in [-0.2, 0) is 22.5 Å². The topological polar surface area (TPSA) is 54.0 Å². The monoisotopic (exact) mass is 271 g/mol. The fourth-order valence-corrected chi connectivity index (χ4v) is 3.12. The molecule has 0 heterocycles. The average molecular weight is 271 g/mol. The van der Waals surface area contributed by atoms with Crippen LogP contribution in [0.2, 0.25) is 0 Å². The Balaban J connectivity index is 0. The Morgan fingerprint density at radius 2 is 1.39 bits per heavy atom. The van der Waals surface area contributed by atoms with Crippen molar-refractivity contribution in [3.8, 4) is 0 Å². The summed E-state index contributed by atoms with van der Waals surface area (Å²) in [6, 6.07) is 0. The Morgan fingerprint density at radius 3 is 1.72 bits per heavy atom. The molecule has 0 spiro atoms. The van der Waals surface area contributed by atoms with Crippen molar-refractivity contribution in [3.05, 3.63) is 0 Å². The summed E-state index contributed by atoms with van der Waals surface area (Å²) in [4.78, 5) is 11.6. The average Bonchev–Trinajstić information content (AvgIpc) is 2.27. The molecule has 5 nitrogen and oxygen atoms in total. The molecule has 18 heavy (non-hydrogen) atoms. The number of rotatable bonds is 10. The van der Waals surface area contributed by atoms with Crippen molar-refractivity contribution >= 4 is 33.9 Å². The van der Waals surface area contributed by atoms with Crippen LogP contribution >= 0.6 is 0 Å². The number of carbonyl (C=O) groups excluding carboxylic acids is 1. The molecule has 0 bridgehead atoms. The second-order valence-corrected chi connectivity index (χ2v) is 5.45. The van der Waals surface area contributed by atoms with Gasteiger partial charge in [0.05, 0.1) is 0 Å². The molecule has 0 aliphatic heterocycles. The minimum Gasteiger partial charge on any atom is -0.452 e. The van der Waals surface area contributed by atoms with Crippen molar-refractivity contribution in [3.63, 3.8) is 0 Å². The van der Waals surface area contributed by atoms with E-state index in [0.717, 1.165) is 12.8 Å². The van der Waals surface area contributed by atoms with E-state index in [1.54, 1.807) is 0 Å². The van der Waals surface area contributed by atoms with Gasteiger partial charge >= 0.3 is 9.05 Å². The number of hydrogen-bond donors (Lipinski definition) is 0. The summed E-state index contributed by atoms with van der Waals surface area (Å²) in [6.07, 6.45) is 2.12. The maximum absolute atomic E-state index is 11.6. The second kappa shape index (κ2) is 12.2. The predicted molar refractivity (Wildman–Crippen MR) is 72.0 cm³/mol. The van der Waals surface area contributed by atoms with Gasteiger partial charge in [-0.25, -0.2) is 0 Å². The van der Waals surface area contributed by atoms with Gasteiger partial charge in [-0.1, -0.05) is 13.3 Å². The summed E-state index contributed by atoms with van der Waals surface area (Å²) >= 11 is 0. The molecule has 0 aliphatic carbocycles. The summed E-state index contributed by atoms with van der Waals surface area (Å²) in [6.45, 7) is 8.67. The first-order valence-corrected chi connectivity index (χ1v) is 7.91. The molecule has 0 aliphatic rings. The zero-order valence-corrected chi connectivity index (χ0v) is 13.3. The molecule has 0 rings (SSSR count). The van der Waals surface area contributed by atoms with Gasteiger partial charge in [-0.05, 0) is 27.2 Å². The summed E-state index contributed by atoms with van der Waals surface area (Å²) in [7, 11) is -3.26. The van der Waals surface area contributed by atoms with Gasteiger partial charge in [0, 0.05) is 45.1 Å². The maximum Gasteiger partial charge on any atom is 0.751 e. The Labute approximate surface area is 123 Å². The molecule has 0 unspecified atom stereocenters. The molecule has 1 radical (unpaired) electrons. The van der Waals surface area contributed by atoms with Crippen LogP contribution in [0.25, 0.3) is 0 Å². The van der Waals surface area contributed by atoms with E-state index >= 15 is 0 Å². The Bertz CT molecular complexity index is 199. The first kappa shape index (κ1) is 20.5. The van der Waals surface area contributed by atoms with Crippen LogP contribution in [0.15, 0.2) is 0 Å². The molecule has 103 valence electrons. The van der Waals surface area contributed by atoms with Crippen LogP contribution in [0, 0.1) is 0 Å². The number of carbonyl (C=O) groups is 1. The molecule has 0 aromatic carbocycles. The molecule has 0 fully saturated rings. The summed E-state index contributed by atoms with van der Waals surface area (Å²) in [5.41, 5.74) is 0. The second-order valence-electron chi connectivity index (χ2n) is 3.38. The number of hydrogen-bond acceptors (Lipinski definition) is 5. The third-order valence-corrected chi connectivity index (χ3v) is 4.34. The molecule has 0 aromatic heterocycles. The van der Waals surface area contributed by atoms with Gasteiger partial charge in [-0.2, -0.15) is 0 Å². The van der Waals surface area contributed by atoms with E-state index in [9.17, 15) is 4.79 Å². The van der Waals surface area contributed by atoms with Crippen LogP contribution < -0.4 is 0 Å². The van der Waals surface area contributed by atoms with E-state index in [1.807, 2.05) is 27.7 Å². The van der Waals surface area contributed by atoms with E-state index in [4.69, 9.17) is 17.7 Å². The first-order chi connectivity index (χ1) is 8.14. The van der Waals surface area contributed by atoms with E-state index in [2.05, 4.69) is 0 Å². The van der Waals surface area contributed by atoms with E-state index in [0.29, 0.717) is 26.2 Å². The fraction of sp³-hybridized carbons (Fsp3) is 0.909. The van der Waals surface area contributed by atoms with E-state index < -0.39 is 9.05 Å². The molecule has 0 N–H and O–H groups in total.